The van der Waals surface area contributed by atoms with Crippen LogP contribution in [0.5, 0.6) is 0 Å². The van der Waals surface area contributed by atoms with Gasteiger partial charge < -0.3 is 10.5 Å². The molecule has 2 aromatic carbocycles. The Labute approximate surface area is 180 Å². The van der Waals surface area contributed by atoms with Crippen molar-refractivity contribution >= 4 is 6.08 Å². The van der Waals surface area contributed by atoms with E-state index in [9.17, 15) is 14.0 Å². The molecule has 0 fully saturated rings. The highest BCUT2D eigenvalue weighted by Crippen LogP contribution is 2.43. The second kappa shape index (κ2) is 8.75. The topological polar surface area (TPSA) is 62.3 Å². The molecular weight excluding hydrogens is 396 g/mol. The molecule has 4 rings (SSSR count). The molecule has 4 nitrogen and oxygen atoms in total. The molecule has 31 heavy (non-hydrogen) atoms. The fourth-order valence-electron chi connectivity index (χ4n) is 4.28. The first-order valence-corrected chi connectivity index (χ1v) is 10.2. The van der Waals surface area contributed by atoms with E-state index in [1.165, 1.54) is 24.3 Å². The molecular formula is C25H23F2N3O. The molecule has 2 aromatic rings. The molecule has 1 unspecified atom stereocenters. The van der Waals surface area contributed by atoms with Gasteiger partial charge in [0.15, 0.2) is 0 Å². The fourth-order valence-corrected chi connectivity index (χ4v) is 4.28. The zero-order valence-electron chi connectivity index (χ0n) is 17.2. The van der Waals surface area contributed by atoms with Gasteiger partial charge in [-0.2, -0.15) is 5.26 Å². The molecule has 158 valence electrons. The molecule has 0 aliphatic carbocycles. The van der Waals surface area contributed by atoms with Crippen LogP contribution in [0.4, 0.5) is 8.78 Å². The number of nitrogens with two attached hydrogens (primary N) is 1. The summed E-state index contributed by atoms with van der Waals surface area (Å²) >= 11 is 0. The summed E-state index contributed by atoms with van der Waals surface area (Å²) in [4.78, 5) is 2.25. The zero-order valence-corrected chi connectivity index (χ0v) is 17.2. The van der Waals surface area contributed by atoms with E-state index in [-0.39, 0.29) is 23.1 Å². The van der Waals surface area contributed by atoms with Crippen LogP contribution in [-0.2, 0) is 4.74 Å². The smallest absolute Gasteiger partial charge is 0.205 e. The lowest BCUT2D eigenvalue weighted by atomic mass is 9.80. The molecule has 2 heterocycles. The molecule has 0 radical (unpaired) electrons. The van der Waals surface area contributed by atoms with Crippen LogP contribution in [0.15, 0.2) is 76.9 Å². The summed E-state index contributed by atoms with van der Waals surface area (Å²) in [5, 5.41) is 9.80. The zero-order chi connectivity index (χ0) is 22.0. The van der Waals surface area contributed by atoms with Crippen molar-refractivity contribution in [1.29, 1.82) is 5.26 Å². The third-order valence-electron chi connectivity index (χ3n) is 5.52. The molecule has 2 N–H and O–H groups in total. The monoisotopic (exact) mass is 419 g/mol. The Hall–Kier alpha value is -3.43. The minimum absolute atomic E-state index is 0.0181. The van der Waals surface area contributed by atoms with Crippen LogP contribution in [0.2, 0.25) is 0 Å². The Morgan fingerprint density at radius 1 is 1.16 bits per heavy atom. The Morgan fingerprint density at radius 3 is 2.58 bits per heavy atom. The number of hydrogen-bond donors (Lipinski definition) is 1. The van der Waals surface area contributed by atoms with Gasteiger partial charge in [0.05, 0.1) is 5.92 Å². The van der Waals surface area contributed by atoms with E-state index < -0.39 is 5.92 Å². The second-order valence-corrected chi connectivity index (χ2v) is 7.77. The third kappa shape index (κ3) is 4.23. The minimum atomic E-state index is -0.500. The lowest BCUT2D eigenvalue weighted by molar-refractivity contribution is 0.234. The number of benzene rings is 2. The molecule has 2 aliphatic heterocycles. The van der Waals surface area contributed by atoms with Crippen molar-refractivity contribution in [3.8, 4) is 6.07 Å². The Morgan fingerprint density at radius 2 is 1.90 bits per heavy atom. The minimum Gasteiger partial charge on any atom is -0.440 e. The van der Waals surface area contributed by atoms with Crippen molar-refractivity contribution in [3.63, 3.8) is 0 Å². The van der Waals surface area contributed by atoms with Crippen molar-refractivity contribution in [1.82, 2.24) is 4.90 Å². The van der Waals surface area contributed by atoms with Gasteiger partial charge in [0.25, 0.3) is 0 Å². The quantitative estimate of drug-likeness (QED) is 0.771. The summed E-state index contributed by atoms with van der Waals surface area (Å²) in [6, 6.07) is 14.7. The van der Waals surface area contributed by atoms with Crippen LogP contribution >= 0.6 is 0 Å². The predicted octanol–water partition coefficient (Wildman–Crippen LogP) is 4.84. The first-order valence-electron chi connectivity index (χ1n) is 10.2. The van der Waals surface area contributed by atoms with E-state index in [0.717, 1.165) is 24.1 Å². The highest BCUT2D eigenvalue weighted by molar-refractivity contribution is 5.63. The fraction of sp³-hybridized carbons (Fsp3) is 0.240. The van der Waals surface area contributed by atoms with Crippen molar-refractivity contribution in [3.05, 3.63) is 99.7 Å². The molecule has 1 atom stereocenters. The highest BCUT2D eigenvalue weighted by Gasteiger charge is 2.37. The molecule has 6 heteroatoms. The van der Waals surface area contributed by atoms with E-state index in [0.29, 0.717) is 30.0 Å². The van der Waals surface area contributed by atoms with Gasteiger partial charge in [-0.15, -0.1) is 0 Å². The molecule has 2 aliphatic rings. The van der Waals surface area contributed by atoms with E-state index in [2.05, 4.69) is 17.9 Å². The maximum absolute atomic E-state index is 14.0. The number of nitriles is 1. The summed E-state index contributed by atoms with van der Waals surface area (Å²) in [6.45, 7) is 4.12. The maximum Gasteiger partial charge on any atom is 0.205 e. The van der Waals surface area contributed by atoms with Crippen LogP contribution in [0.3, 0.4) is 0 Å². The van der Waals surface area contributed by atoms with Gasteiger partial charge in [0, 0.05) is 18.7 Å². The summed E-state index contributed by atoms with van der Waals surface area (Å²) in [5.74, 6) is -0.594. The standard InChI is InChI=1S/C25H23F2N3O/c1-2-9-30-14-18(10-16-5-3-7-19(26)11-16)24-22(15-30)23(21(13-28)25(29)31-24)17-6-4-8-20(27)12-17/h3-8,10-12,23H,2,9,14-15,29H2,1H3/b18-10-. The first-order chi connectivity index (χ1) is 15.0. The molecule has 0 bridgehead atoms. The highest BCUT2D eigenvalue weighted by atomic mass is 19.1. The summed E-state index contributed by atoms with van der Waals surface area (Å²) in [5.41, 5.74) is 9.48. The number of hydrogen-bond acceptors (Lipinski definition) is 4. The molecule has 0 saturated heterocycles. The van der Waals surface area contributed by atoms with E-state index >= 15 is 0 Å². The average molecular weight is 419 g/mol. The average Bonchev–Trinajstić information content (AvgIpc) is 2.73. The molecule has 0 saturated carbocycles. The normalized spacial score (nSPS) is 20.5. The number of ether oxygens (including phenoxy) is 1. The van der Waals surface area contributed by atoms with Gasteiger partial charge >= 0.3 is 0 Å². The first kappa shape index (κ1) is 20.8. The third-order valence-corrected chi connectivity index (χ3v) is 5.52. The van der Waals surface area contributed by atoms with Gasteiger partial charge in [-0.25, -0.2) is 8.78 Å². The second-order valence-electron chi connectivity index (χ2n) is 7.77. The summed E-state index contributed by atoms with van der Waals surface area (Å²) < 4.78 is 33.7. The molecule has 0 amide bonds. The van der Waals surface area contributed by atoms with Crippen LogP contribution in [-0.4, -0.2) is 24.5 Å². The maximum atomic E-state index is 14.0. The van der Waals surface area contributed by atoms with Crippen LogP contribution in [0.25, 0.3) is 6.08 Å². The van der Waals surface area contributed by atoms with Crippen LogP contribution in [0, 0.1) is 23.0 Å². The lowest BCUT2D eigenvalue weighted by Gasteiger charge is -2.38. The van der Waals surface area contributed by atoms with Crippen molar-refractivity contribution in [2.45, 2.75) is 19.3 Å². The Bertz CT molecular complexity index is 1140. The number of allylic oxidation sites excluding steroid dienone is 1. The van der Waals surface area contributed by atoms with Crippen LogP contribution in [0.1, 0.15) is 30.4 Å². The predicted molar refractivity (Wildman–Crippen MR) is 115 cm³/mol. The Kier molecular flexibility index (Phi) is 5.88. The van der Waals surface area contributed by atoms with Gasteiger partial charge in [0.2, 0.25) is 5.88 Å². The van der Waals surface area contributed by atoms with Gasteiger partial charge in [-0.1, -0.05) is 31.2 Å². The Balaban J connectivity index is 1.88. The summed E-state index contributed by atoms with van der Waals surface area (Å²) in [7, 11) is 0. The van der Waals surface area contributed by atoms with Gasteiger partial charge in [-0.3, -0.25) is 4.90 Å². The SMILES string of the molecule is CCCN1CC2=C(OC(N)=C(C#N)C2c2cccc(F)c2)/C(=C\c2cccc(F)c2)C1. The number of rotatable bonds is 4. The number of nitrogens with zero attached hydrogens (tertiary/aromatic N) is 2. The van der Waals surface area contributed by atoms with E-state index in [1.807, 2.05) is 12.1 Å². The van der Waals surface area contributed by atoms with Crippen molar-refractivity contribution in [2.75, 3.05) is 19.6 Å². The van der Waals surface area contributed by atoms with Gasteiger partial charge in [0.1, 0.15) is 29.0 Å². The van der Waals surface area contributed by atoms with Gasteiger partial charge in [-0.05, 0) is 60.0 Å². The molecule has 0 spiro atoms. The molecule has 0 aromatic heterocycles. The lowest BCUT2D eigenvalue weighted by Crippen LogP contribution is -2.38. The van der Waals surface area contributed by atoms with E-state index in [1.54, 1.807) is 18.2 Å². The van der Waals surface area contributed by atoms with Crippen molar-refractivity contribution in [2.24, 2.45) is 5.73 Å². The summed E-state index contributed by atoms with van der Waals surface area (Å²) in [6.07, 6.45) is 2.83. The van der Waals surface area contributed by atoms with Crippen LogP contribution < -0.4 is 5.73 Å². The largest absolute Gasteiger partial charge is 0.440 e. The van der Waals surface area contributed by atoms with E-state index in [4.69, 9.17) is 10.5 Å². The van der Waals surface area contributed by atoms with Crippen molar-refractivity contribution < 1.29 is 13.5 Å². The number of halogens is 2.